The van der Waals surface area contributed by atoms with Crippen LogP contribution in [0.4, 0.5) is 0 Å². The maximum atomic E-state index is 12.3. The van der Waals surface area contributed by atoms with Gasteiger partial charge in [-0.05, 0) is 70.9 Å². The molecule has 0 radical (unpaired) electrons. The summed E-state index contributed by atoms with van der Waals surface area (Å²) in [6, 6.07) is 1.57. The van der Waals surface area contributed by atoms with Gasteiger partial charge in [0, 0.05) is 24.7 Å². The molecular formula is C20H33N3O. The summed E-state index contributed by atoms with van der Waals surface area (Å²) in [5, 5.41) is 3.08. The van der Waals surface area contributed by atoms with Crippen molar-refractivity contribution in [2.24, 2.45) is 11.8 Å². The van der Waals surface area contributed by atoms with Gasteiger partial charge in [0.15, 0.2) is 0 Å². The van der Waals surface area contributed by atoms with Gasteiger partial charge in [0.1, 0.15) is 0 Å². The van der Waals surface area contributed by atoms with Crippen LogP contribution in [0, 0.1) is 11.8 Å². The average molecular weight is 332 g/mol. The molecule has 0 spiro atoms. The highest BCUT2D eigenvalue weighted by Gasteiger charge is 2.45. The van der Waals surface area contributed by atoms with Crippen LogP contribution in [0.1, 0.15) is 52.4 Å². The summed E-state index contributed by atoms with van der Waals surface area (Å²) >= 11 is 0. The van der Waals surface area contributed by atoms with E-state index in [9.17, 15) is 4.79 Å². The third-order valence-corrected chi connectivity index (χ3v) is 6.56. The molecule has 0 saturated carbocycles. The van der Waals surface area contributed by atoms with E-state index in [1.807, 2.05) is 13.8 Å². The second-order valence-electron chi connectivity index (χ2n) is 8.70. The number of carbonyl (C=O) groups is 1. The molecular weight excluding hydrogens is 298 g/mol. The van der Waals surface area contributed by atoms with Gasteiger partial charge in [0.05, 0.1) is 6.54 Å². The fourth-order valence-corrected chi connectivity index (χ4v) is 5.81. The van der Waals surface area contributed by atoms with Crippen molar-refractivity contribution in [1.82, 2.24) is 15.1 Å². The summed E-state index contributed by atoms with van der Waals surface area (Å²) in [6.07, 6.45) is 10.6. The van der Waals surface area contributed by atoms with E-state index in [1.54, 1.807) is 5.57 Å². The molecule has 4 atom stereocenters. The Balaban J connectivity index is 1.52. The van der Waals surface area contributed by atoms with Crippen molar-refractivity contribution in [3.05, 3.63) is 11.6 Å². The Bertz CT molecular complexity index is 515. The number of nitrogens with one attached hydrogen (secondary N) is 1. The van der Waals surface area contributed by atoms with Crippen LogP contribution < -0.4 is 5.32 Å². The second-order valence-corrected chi connectivity index (χ2v) is 8.70. The lowest BCUT2D eigenvalue weighted by Crippen LogP contribution is -2.60. The minimum absolute atomic E-state index is 0.194. The van der Waals surface area contributed by atoms with Crippen molar-refractivity contribution in [2.75, 3.05) is 26.2 Å². The molecule has 0 aromatic rings. The highest BCUT2D eigenvalue weighted by atomic mass is 16.2. The van der Waals surface area contributed by atoms with Crippen molar-refractivity contribution in [2.45, 2.75) is 70.5 Å². The average Bonchev–Trinajstić information content (AvgIpc) is 2.54. The molecule has 1 aliphatic carbocycles. The summed E-state index contributed by atoms with van der Waals surface area (Å²) < 4.78 is 0. The van der Waals surface area contributed by atoms with Gasteiger partial charge in [-0.15, -0.1) is 0 Å². The van der Waals surface area contributed by atoms with Gasteiger partial charge in [-0.25, -0.2) is 0 Å². The second kappa shape index (κ2) is 6.80. The summed E-state index contributed by atoms with van der Waals surface area (Å²) in [6.45, 7) is 8.29. The number of fused-ring (bicyclic) bond motifs is 6. The minimum Gasteiger partial charge on any atom is -0.353 e. The van der Waals surface area contributed by atoms with E-state index in [0.717, 1.165) is 24.4 Å². The number of likely N-dealkylation sites (tertiary alicyclic amines) is 1. The van der Waals surface area contributed by atoms with Crippen LogP contribution in [0.5, 0.6) is 0 Å². The Labute approximate surface area is 146 Å². The number of hydrogen-bond acceptors (Lipinski definition) is 3. The summed E-state index contributed by atoms with van der Waals surface area (Å²) in [7, 11) is 0. The number of hydrogen-bond donors (Lipinski definition) is 1. The first-order chi connectivity index (χ1) is 11.6. The number of carbonyl (C=O) groups excluding carboxylic acids is 1. The Kier molecular flexibility index (Phi) is 4.70. The molecule has 134 valence electrons. The van der Waals surface area contributed by atoms with Gasteiger partial charge >= 0.3 is 0 Å². The van der Waals surface area contributed by atoms with Crippen LogP contribution in [0.2, 0.25) is 0 Å². The van der Waals surface area contributed by atoms with Crippen molar-refractivity contribution in [3.63, 3.8) is 0 Å². The predicted octanol–water partition coefficient (Wildman–Crippen LogP) is 2.41. The molecule has 2 bridgehead atoms. The third kappa shape index (κ3) is 3.15. The SMILES string of the molecule is CC(C)NC(=O)CN1CCCC2=CC3CC(CN4CCCC[C@H]34)[C@@H]21. The summed E-state index contributed by atoms with van der Waals surface area (Å²) in [5.41, 5.74) is 1.66. The summed E-state index contributed by atoms with van der Waals surface area (Å²) in [5.74, 6) is 1.70. The fourth-order valence-electron chi connectivity index (χ4n) is 5.81. The van der Waals surface area contributed by atoms with E-state index < -0.39 is 0 Å². The quantitative estimate of drug-likeness (QED) is 0.807. The molecule has 2 unspecified atom stereocenters. The van der Waals surface area contributed by atoms with Crippen molar-refractivity contribution >= 4 is 5.91 Å². The lowest BCUT2D eigenvalue weighted by molar-refractivity contribution is -0.124. The molecule has 1 N–H and O–H groups in total. The number of rotatable bonds is 3. The van der Waals surface area contributed by atoms with Crippen molar-refractivity contribution in [1.29, 1.82) is 0 Å². The minimum atomic E-state index is 0.194. The largest absolute Gasteiger partial charge is 0.353 e. The molecule has 1 amide bonds. The van der Waals surface area contributed by atoms with E-state index in [0.29, 0.717) is 12.6 Å². The molecule has 3 saturated heterocycles. The van der Waals surface area contributed by atoms with E-state index in [-0.39, 0.29) is 11.9 Å². The molecule has 3 fully saturated rings. The lowest BCUT2D eigenvalue weighted by atomic mass is 9.68. The lowest BCUT2D eigenvalue weighted by Gasteiger charge is -2.54. The van der Waals surface area contributed by atoms with Gasteiger partial charge in [-0.1, -0.05) is 18.1 Å². The van der Waals surface area contributed by atoms with Crippen LogP contribution in [-0.2, 0) is 4.79 Å². The number of nitrogens with zero attached hydrogens (tertiary/aromatic N) is 2. The maximum absolute atomic E-state index is 12.3. The topological polar surface area (TPSA) is 35.6 Å². The normalized spacial score (nSPS) is 36.7. The monoisotopic (exact) mass is 331 g/mol. The smallest absolute Gasteiger partial charge is 0.234 e. The first-order valence-electron chi connectivity index (χ1n) is 10.1. The van der Waals surface area contributed by atoms with E-state index in [2.05, 4.69) is 21.2 Å². The highest BCUT2D eigenvalue weighted by Crippen LogP contribution is 2.44. The molecule has 0 aromatic carbocycles. The highest BCUT2D eigenvalue weighted by molar-refractivity contribution is 5.78. The van der Waals surface area contributed by atoms with Crippen LogP contribution in [0.15, 0.2) is 11.6 Å². The molecule has 4 heteroatoms. The summed E-state index contributed by atoms with van der Waals surface area (Å²) in [4.78, 5) is 17.6. The Morgan fingerprint density at radius 3 is 3.00 bits per heavy atom. The molecule has 4 aliphatic rings. The van der Waals surface area contributed by atoms with Crippen LogP contribution >= 0.6 is 0 Å². The van der Waals surface area contributed by atoms with E-state index in [4.69, 9.17) is 0 Å². The van der Waals surface area contributed by atoms with Gasteiger partial charge in [0.25, 0.3) is 0 Å². The standard InChI is InChI=1S/C20H33N3O/c1-14(2)21-19(24)13-23-9-5-6-15-10-16-11-17(20(15)23)12-22-8-4-3-7-18(16)22/h10,14,16-18,20H,3-9,11-13H2,1-2H3,(H,21,24)/t16?,17?,18-,20-/m1/s1. The number of piperidine rings is 3. The van der Waals surface area contributed by atoms with Gasteiger partial charge < -0.3 is 5.32 Å². The van der Waals surface area contributed by atoms with Gasteiger partial charge in [0.2, 0.25) is 5.91 Å². The Hall–Kier alpha value is -0.870. The zero-order valence-corrected chi connectivity index (χ0v) is 15.3. The van der Waals surface area contributed by atoms with Crippen molar-refractivity contribution < 1.29 is 4.79 Å². The Morgan fingerprint density at radius 2 is 2.17 bits per heavy atom. The molecule has 0 aromatic heterocycles. The molecule has 4 rings (SSSR count). The molecule has 24 heavy (non-hydrogen) atoms. The fraction of sp³-hybridized carbons (Fsp3) is 0.850. The molecule has 3 heterocycles. The molecule has 4 nitrogen and oxygen atoms in total. The van der Waals surface area contributed by atoms with Crippen molar-refractivity contribution in [3.8, 4) is 0 Å². The third-order valence-electron chi connectivity index (χ3n) is 6.56. The van der Waals surface area contributed by atoms with Crippen LogP contribution in [0.3, 0.4) is 0 Å². The molecule has 3 aliphatic heterocycles. The van der Waals surface area contributed by atoms with E-state index in [1.165, 1.54) is 51.6 Å². The first-order valence-corrected chi connectivity index (χ1v) is 10.1. The predicted molar refractivity (Wildman–Crippen MR) is 96.8 cm³/mol. The van der Waals surface area contributed by atoms with Gasteiger partial charge in [-0.2, -0.15) is 0 Å². The number of amides is 1. The zero-order valence-electron chi connectivity index (χ0n) is 15.3. The zero-order chi connectivity index (χ0) is 16.7. The maximum Gasteiger partial charge on any atom is 0.234 e. The van der Waals surface area contributed by atoms with Gasteiger partial charge in [-0.3, -0.25) is 14.6 Å². The first kappa shape index (κ1) is 16.6. The van der Waals surface area contributed by atoms with Crippen LogP contribution in [0.25, 0.3) is 0 Å². The van der Waals surface area contributed by atoms with Crippen LogP contribution in [-0.4, -0.2) is 60.0 Å². The van der Waals surface area contributed by atoms with E-state index >= 15 is 0 Å². The Morgan fingerprint density at radius 1 is 1.29 bits per heavy atom.